The summed E-state index contributed by atoms with van der Waals surface area (Å²) in [6.07, 6.45) is 4.65. The van der Waals surface area contributed by atoms with Crippen molar-refractivity contribution in [2.75, 3.05) is 19.0 Å². The average molecular weight is 202 g/mol. The highest BCUT2D eigenvalue weighted by molar-refractivity contribution is 6.17. The first-order valence-electron chi connectivity index (χ1n) is 4.31. The maximum absolute atomic E-state index is 11.5. The molecule has 13 heavy (non-hydrogen) atoms. The highest BCUT2D eigenvalue weighted by Crippen LogP contribution is 1.99. The van der Waals surface area contributed by atoms with Gasteiger partial charge in [0, 0.05) is 25.4 Å². The van der Waals surface area contributed by atoms with Crippen LogP contribution in [0.4, 0.5) is 0 Å². The third-order valence-corrected chi connectivity index (χ3v) is 1.84. The number of hydrogen-bond donors (Lipinski definition) is 0. The van der Waals surface area contributed by atoms with Gasteiger partial charge in [-0.3, -0.25) is 4.79 Å². The van der Waals surface area contributed by atoms with Crippen LogP contribution in [0.5, 0.6) is 0 Å². The number of halogens is 1. The predicted octanol–water partition coefficient (Wildman–Crippen LogP) is 2.21. The van der Waals surface area contributed by atoms with E-state index < -0.39 is 0 Å². The molecule has 0 unspecified atom stereocenters. The van der Waals surface area contributed by atoms with Crippen molar-refractivity contribution in [3.05, 3.63) is 25.3 Å². The summed E-state index contributed by atoms with van der Waals surface area (Å²) in [5.74, 6) is 0.641. The van der Waals surface area contributed by atoms with Gasteiger partial charge in [0.1, 0.15) is 0 Å². The number of alkyl halides is 1. The lowest BCUT2D eigenvalue weighted by molar-refractivity contribution is -0.130. The number of hydrogen-bond acceptors (Lipinski definition) is 1. The largest absolute Gasteiger partial charge is 0.335 e. The van der Waals surface area contributed by atoms with Crippen molar-refractivity contribution < 1.29 is 4.79 Å². The van der Waals surface area contributed by atoms with Gasteiger partial charge in [-0.15, -0.1) is 24.8 Å². The molecular weight excluding hydrogens is 186 g/mol. The Balaban J connectivity index is 3.93. The molecule has 3 heteroatoms. The van der Waals surface area contributed by atoms with Gasteiger partial charge in [-0.1, -0.05) is 12.2 Å². The van der Waals surface area contributed by atoms with Crippen LogP contribution in [0.1, 0.15) is 12.8 Å². The van der Waals surface area contributed by atoms with E-state index in [-0.39, 0.29) is 5.91 Å². The molecule has 0 N–H and O–H groups in total. The van der Waals surface area contributed by atoms with Gasteiger partial charge >= 0.3 is 0 Å². The molecule has 0 rings (SSSR count). The maximum atomic E-state index is 11.5. The summed E-state index contributed by atoms with van der Waals surface area (Å²) in [4.78, 5) is 13.2. The van der Waals surface area contributed by atoms with E-state index in [1.54, 1.807) is 17.1 Å². The summed E-state index contributed by atoms with van der Waals surface area (Å²) in [6, 6.07) is 0. The number of carbonyl (C=O) groups excluding carboxylic acids is 1. The first kappa shape index (κ1) is 12.2. The minimum absolute atomic E-state index is 0.112. The highest BCUT2D eigenvalue weighted by atomic mass is 35.5. The molecule has 0 radical (unpaired) electrons. The van der Waals surface area contributed by atoms with Crippen LogP contribution in [0.15, 0.2) is 25.3 Å². The lowest BCUT2D eigenvalue weighted by Gasteiger charge is -2.18. The van der Waals surface area contributed by atoms with Gasteiger partial charge < -0.3 is 4.90 Å². The van der Waals surface area contributed by atoms with Crippen molar-refractivity contribution in [2.24, 2.45) is 0 Å². The van der Waals surface area contributed by atoms with E-state index in [1.807, 2.05) is 0 Å². The Bertz CT molecular complexity index is 170. The SMILES string of the molecule is C=CCN(CC=C)C(=O)CCCCl. The minimum Gasteiger partial charge on any atom is -0.335 e. The van der Waals surface area contributed by atoms with Crippen molar-refractivity contribution in [1.82, 2.24) is 4.90 Å². The second-order valence-corrected chi connectivity index (χ2v) is 3.05. The fourth-order valence-corrected chi connectivity index (χ4v) is 1.10. The van der Waals surface area contributed by atoms with Crippen LogP contribution in [-0.4, -0.2) is 29.8 Å². The predicted molar refractivity (Wildman–Crippen MR) is 56.9 cm³/mol. The van der Waals surface area contributed by atoms with Gasteiger partial charge in [-0.05, 0) is 6.42 Å². The third kappa shape index (κ3) is 5.47. The molecule has 0 aliphatic rings. The van der Waals surface area contributed by atoms with Crippen LogP contribution < -0.4 is 0 Å². The second kappa shape index (κ2) is 7.87. The molecule has 74 valence electrons. The number of carbonyl (C=O) groups is 1. The fourth-order valence-electron chi connectivity index (χ4n) is 0.966. The Labute approximate surface area is 84.9 Å². The molecule has 0 aromatic carbocycles. The van der Waals surface area contributed by atoms with Gasteiger partial charge in [-0.25, -0.2) is 0 Å². The minimum atomic E-state index is 0.112. The van der Waals surface area contributed by atoms with Crippen LogP contribution >= 0.6 is 11.6 Å². The van der Waals surface area contributed by atoms with E-state index in [2.05, 4.69) is 13.2 Å². The van der Waals surface area contributed by atoms with E-state index in [9.17, 15) is 4.79 Å². The molecule has 1 amide bonds. The molecule has 0 saturated carbocycles. The van der Waals surface area contributed by atoms with Crippen LogP contribution in [-0.2, 0) is 4.79 Å². The zero-order valence-electron chi connectivity index (χ0n) is 7.84. The first-order valence-corrected chi connectivity index (χ1v) is 4.85. The Hall–Kier alpha value is -0.760. The zero-order valence-corrected chi connectivity index (χ0v) is 8.59. The summed E-state index contributed by atoms with van der Waals surface area (Å²) in [6.45, 7) is 8.34. The molecule has 0 aliphatic heterocycles. The highest BCUT2D eigenvalue weighted by Gasteiger charge is 2.08. The van der Waals surface area contributed by atoms with E-state index in [0.29, 0.717) is 25.4 Å². The normalized spacial score (nSPS) is 9.31. The number of nitrogens with zero attached hydrogens (tertiary/aromatic N) is 1. The van der Waals surface area contributed by atoms with Crippen molar-refractivity contribution in [1.29, 1.82) is 0 Å². The number of rotatable bonds is 7. The van der Waals surface area contributed by atoms with Gasteiger partial charge in [0.05, 0.1) is 0 Å². The summed E-state index contributed by atoms with van der Waals surface area (Å²) in [7, 11) is 0. The topological polar surface area (TPSA) is 20.3 Å². The molecule has 0 spiro atoms. The van der Waals surface area contributed by atoms with Crippen LogP contribution in [0.25, 0.3) is 0 Å². The van der Waals surface area contributed by atoms with Gasteiger partial charge in [-0.2, -0.15) is 0 Å². The summed E-state index contributed by atoms with van der Waals surface area (Å²) < 4.78 is 0. The lowest BCUT2D eigenvalue weighted by Crippen LogP contribution is -2.31. The molecule has 0 heterocycles. The van der Waals surface area contributed by atoms with Gasteiger partial charge in [0.2, 0.25) is 5.91 Å². The van der Waals surface area contributed by atoms with E-state index in [4.69, 9.17) is 11.6 Å². The van der Waals surface area contributed by atoms with E-state index >= 15 is 0 Å². The van der Waals surface area contributed by atoms with Crippen molar-refractivity contribution in [2.45, 2.75) is 12.8 Å². The fraction of sp³-hybridized carbons (Fsp3) is 0.500. The van der Waals surface area contributed by atoms with Crippen molar-refractivity contribution >= 4 is 17.5 Å². The standard InChI is InChI=1S/C10H16ClNO/c1-3-8-12(9-4-2)10(13)6-5-7-11/h3-4H,1-2,5-9H2. The third-order valence-electron chi connectivity index (χ3n) is 1.58. The number of amides is 1. The maximum Gasteiger partial charge on any atom is 0.223 e. The molecule has 0 atom stereocenters. The van der Waals surface area contributed by atoms with Crippen molar-refractivity contribution in [3.63, 3.8) is 0 Å². The smallest absolute Gasteiger partial charge is 0.223 e. The molecular formula is C10H16ClNO. The molecule has 0 aromatic heterocycles. The monoisotopic (exact) mass is 201 g/mol. The van der Waals surface area contributed by atoms with Crippen molar-refractivity contribution in [3.8, 4) is 0 Å². The Morgan fingerprint density at radius 3 is 2.23 bits per heavy atom. The van der Waals surface area contributed by atoms with E-state index in [0.717, 1.165) is 6.42 Å². The molecule has 0 saturated heterocycles. The Morgan fingerprint density at radius 2 is 1.85 bits per heavy atom. The molecule has 0 aliphatic carbocycles. The van der Waals surface area contributed by atoms with Crippen LogP contribution in [0.3, 0.4) is 0 Å². The Kier molecular flexibility index (Phi) is 7.41. The van der Waals surface area contributed by atoms with Gasteiger partial charge in [0.15, 0.2) is 0 Å². The van der Waals surface area contributed by atoms with Crippen LogP contribution in [0, 0.1) is 0 Å². The quantitative estimate of drug-likeness (QED) is 0.457. The lowest BCUT2D eigenvalue weighted by atomic mass is 10.3. The first-order chi connectivity index (χ1) is 6.26. The van der Waals surface area contributed by atoms with E-state index in [1.165, 1.54) is 0 Å². The summed E-state index contributed by atoms with van der Waals surface area (Å²) in [5.41, 5.74) is 0. The molecule has 0 aromatic rings. The average Bonchev–Trinajstić information content (AvgIpc) is 2.14. The second-order valence-electron chi connectivity index (χ2n) is 2.67. The molecule has 0 bridgehead atoms. The summed E-state index contributed by atoms with van der Waals surface area (Å²) in [5, 5.41) is 0. The molecule has 0 fully saturated rings. The van der Waals surface area contributed by atoms with Crippen LogP contribution in [0.2, 0.25) is 0 Å². The zero-order chi connectivity index (χ0) is 10.1. The summed E-state index contributed by atoms with van der Waals surface area (Å²) >= 11 is 5.49. The molecule has 2 nitrogen and oxygen atoms in total. The van der Waals surface area contributed by atoms with Gasteiger partial charge in [0.25, 0.3) is 0 Å². The Morgan fingerprint density at radius 1 is 1.31 bits per heavy atom.